The molecule has 7 aromatic heterocycles. The summed E-state index contributed by atoms with van der Waals surface area (Å²) in [5.74, 6) is -7.63. The largest absolute Gasteiger partial charge is 0.481 e. The number of carbonyl (C=O) groups excluding carboxylic acids is 6. The number of fused-ring (bicyclic) bond motifs is 14. The van der Waals surface area contributed by atoms with E-state index in [-0.39, 0.29) is 66.9 Å². The number of thiazole rings is 6. The highest BCUT2D eigenvalue weighted by Crippen LogP contribution is 2.41. The second-order valence-corrected chi connectivity index (χ2v) is 25.5. The van der Waals surface area contributed by atoms with Crippen LogP contribution in [-0.2, 0) is 35.3 Å². The summed E-state index contributed by atoms with van der Waals surface area (Å²) in [5, 5.41) is 53.0. The van der Waals surface area contributed by atoms with Gasteiger partial charge in [0.15, 0.2) is 5.78 Å². The van der Waals surface area contributed by atoms with Crippen LogP contribution in [0.5, 0.6) is 0 Å². The van der Waals surface area contributed by atoms with E-state index >= 15 is 0 Å². The molecule has 5 amide bonds. The maximum absolute atomic E-state index is 14.3. The molecule has 5 atom stereocenters. The lowest BCUT2D eigenvalue weighted by Crippen LogP contribution is -2.40. The molecule has 85 heavy (non-hydrogen) atoms. The highest BCUT2D eigenvalue weighted by Gasteiger charge is 2.33. The van der Waals surface area contributed by atoms with Crippen LogP contribution in [0.25, 0.3) is 43.4 Å². The van der Waals surface area contributed by atoms with E-state index in [9.17, 15) is 48.6 Å². The Labute approximate surface area is 508 Å². The van der Waals surface area contributed by atoms with Gasteiger partial charge in [0.1, 0.15) is 77.2 Å². The molecule has 442 valence electrons. The van der Waals surface area contributed by atoms with Crippen molar-refractivity contribution in [2.75, 3.05) is 26.0 Å². The predicted octanol–water partition coefficient (Wildman–Crippen LogP) is 8.09. The first kappa shape index (κ1) is 61.6. The zero-order valence-corrected chi connectivity index (χ0v) is 50.8. The van der Waals surface area contributed by atoms with Crippen molar-refractivity contribution in [3.63, 3.8) is 0 Å². The van der Waals surface area contributed by atoms with Crippen molar-refractivity contribution >= 4 is 121 Å². The maximum Gasteiger partial charge on any atom is 0.307 e. The van der Waals surface area contributed by atoms with E-state index in [1.54, 1.807) is 70.9 Å². The first-order valence-corrected chi connectivity index (χ1v) is 31.3. The zero-order valence-electron chi connectivity index (χ0n) is 45.9. The Hall–Kier alpha value is -7.97. The van der Waals surface area contributed by atoms with E-state index in [1.807, 2.05) is 13.8 Å². The summed E-state index contributed by atoms with van der Waals surface area (Å²) >= 11 is 7.06. The van der Waals surface area contributed by atoms with Gasteiger partial charge in [-0.3, -0.25) is 38.4 Å². The molecule has 1 aromatic carbocycles. The molecule has 0 saturated heterocycles. The van der Waals surface area contributed by atoms with Gasteiger partial charge in [-0.15, -0.1) is 68.0 Å². The number of pyridine rings is 1. The Kier molecular flexibility index (Phi) is 19.8. The van der Waals surface area contributed by atoms with Gasteiger partial charge >= 0.3 is 11.9 Å². The van der Waals surface area contributed by atoms with Crippen LogP contribution < -0.4 is 26.6 Å². The molecule has 1 aliphatic heterocycles. The number of carboxylic acid groups (broad SMARTS) is 2. The molecule has 9 rings (SSSR count). The number of amides is 5. The SMILES string of the molecule is CNC(=O)C[C@@H]1NC(=O)c2csc(n2)-c2ccc(-c3nc(NC(=O)CC[C@@H](CC(=O)O)C(=O)O)cs3)nc2-c2csc(n2)-c2csc(n2)[C@H]([C@@H](O)c2ccccc2)NC(=O)CNC(=O)c2nc(sc2COC)[C@@H](C(C)C)CC(=O)c2nc1sc2C. The average Bonchev–Trinajstić information content (AvgIpc) is 3.50. The molecule has 30 heteroatoms. The topological polar surface area (TPSA) is 357 Å². The third-order valence-corrected chi connectivity index (χ3v) is 19.1. The van der Waals surface area contributed by atoms with Gasteiger partial charge in [-0.1, -0.05) is 44.2 Å². The number of nitrogens with one attached hydrogen (secondary N) is 5. The van der Waals surface area contributed by atoms with Crippen molar-refractivity contribution in [2.24, 2.45) is 11.8 Å². The first-order valence-electron chi connectivity index (χ1n) is 26.2. The Morgan fingerprint density at radius 3 is 2.16 bits per heavy atom. The Bertz CT molecular complexity index is 3810. The number of methoxy groups -OCH3 is 1. The molecule has 8 N–H and O–H groups in total. The van der Waals surface area contributed by atoms with E-state index in [0.717, 1.165) is 34.0 Å². The normalized spacial score (nSPS) is 16.6. The second kappa shape index (κ2) is 27.4. The molecule has 24 nitrogen and oxygen atoms in total. The summed E-state index contributed by atoms with van der Waals surface area (Å²) in [6, 6.07) is 10.0. The number of carbonyl (C=O) groups is 8. The lowest BCUT2D eigenvalue weighted by Gasteiger charge is -2.23. The molecule has 0 radical (unpaired) electrons. The van der Waals surface area contributed by atoms with Gasteiger partial charge in [-0.2, -0.15) is 0 Å². The summed E-state index contributed by atoms with van der Waals surface area (Å²) in [6.07, 6.45) is -2.70. The number of aryl methyl sites for hydroxylation is 1. The fraction of sp³-hybridized carbons (Fsp3) is 0.327. The van der Waals surface area contributed by atoms with Crippen LogP contribution in [-0.4, -0.2) is 118 Å². The van der Waals surface area contributed by atoms with E-state index in [2.05, 4.69) is 31.6 Å². The first-order chi connectivity index (χ1) is 40.8. The monoisotopic (exact) mass is 1270 g/mol. The van der Waals surface area contributed by atoms with Gasteiger partial charge in [-0.05, 0) is 37.0 Å². The summed E-state index contributed by atoms with van der Waals surface area (Å²) in [6.45, 7) is 5.09. The summed E-state index contributed by atoms with van der Waals surface area (Å²) in [7, 11) is 2.94. The minimum absolute atomic E-state index is 0.000771. The quantitative estimate of drug-likeness (QED) is 0.0480. The standard InChI is InChI=1S/C55H54N12O12S6/c1-24(2)29-16-35(68)42-25(3)84-53(66-42)31(17-39(70)56-4)59-47(75)33-21-80-49(61-33)28-12-13-30(51-64-37(23-83-51)63-38(69)14-11-27(55(77)78)15-41(72)73)58-43(28)32-20-81-52(60-32)34-22-82-54(62-34)45(46(74)26-9-7-6-8-10-26)65-40(71)18-57-48(76)44-36(19-79-5)85-50(29)67-44/h6-10,12-13,20-24,27,29,31,45-46,74H,11,14-19H2,1-5H3,(H,56,70)(H,57,76)(H,59,75)(H,63,69)(H,65,71)(H,72,73)(H,77,78)/t27-,29+,31-,45-,46-/m0/s1. The number of benzene rings is 1. The van der Waals surface area contributed by atoms with Crippen LogP contribution in [0, 0.1) is 18.8 Å². The van der Waals surface area contributed by atoms with Crippen LogP contribution in [0.3, 0.4) is 0 Å². The lowest BCUT2D eigenvalue weighted by atomic mass is 9.90. The van der Waals surface area contributed by atoms with E-state index < -0.39 is 84.5 Å². The van der Waals surface area contributed by atoms with Crippen LogP contribution in [0.1, 0.15) is 132 Å². The number of rotatable bonds is 15. The van der Waals surface area contributed by atoms with Gasteiger partial charge in [0.05, 0.1) is 53.5 Å². The van der Waals surface area contributed by atoms with Crippen molar-refractivity contribution in [1.82, 2.24) is 56.2 Å². The number of Topliss-reactive ketones (excluding diaryl/α,β-unsaturated/α-hetero) is 1. The van der Waals surface area contributed by atoms with Crippen molar-refractivity contribution in [3.05, 3.63) is 111 Å². The summed E-state index contributed by atoms with van der Waals surface area (Å²) < 4.78 is 5.46. The maximum atomic E-state index is 14.3. The van der Waals surface area contributed by atoms with Crippen LogP contribution in [0.15, 0.2) is 64.0 Å². The molecule has 0 aliphatic carbocycles. The number of anilines is 1. The van der Waals surface area contributed by atoms with Gasteiger partial charge < -0.3 is 46.6 Å². The molecule has 1 aliphatic rings. The summed E-state index contributed by atoms with van der Waals surface area (Å²) in [5.41, 5.74) is 2.53. The highest BCUT2D eigenvalue weighted by molar-refractivity contribution is 7.15. The highest BCUT2D eigenvalue weighted by atomic mass is 32.1. The Balaban J connectivity index is 1.10. The smallest absolute Gasteiger partial charge is 0.307 e. The number of hydrogen-bond acceptors (Lipinski definition) is 23. The average molecular weight is 1270 g/mol. The minimum Gasteiger partial charge on any atom is -0.481 e. The summed E-state index contributed by atoms with van der Waals surface area (Å²) in [4.78, 5) is 140. The molecule has 0 unspecified atom stereocenters. The number of nitrogens with zero attached hydrogens (tertiary/aromatic N) is 7. The third-order valence-electron chi connectivity index (χ3n) is 13.4. The molecular weight excluding hydrogens is 1210 g/mol. The Morgan fingerprint density at radius 2 is 1.44 bits per heavy atom. The number of ketones is 1. The number of aliphatic hydroxyl groups is 1. The second-order valence-electron chi connectivity index (χ2n) is 19.7. The third kappa shape index (κ3) is 14.8. The van der Waals surface area contributed by atoms with E-state index in [4.69, 9.17) is 39.7 Å². The van der Waals surface area contributed by atoms with Crippen LogP contribution >= 0.6 is 68.0 Å². The minimum atomic E-state index is -1.33. The van der Waals surface area contributed by atoms with Gasteiger partial charge in [0.25, 0.3) is 11.8 Å². The number of hydrogen-bond donors (Lipinski definition) is 8. The van der Waals surface area contributed by atoms with Crippen molar-refractivity contribution < 1.29 is 58.4 Å². The Morgan fingerprint density at radius 1 is 0.729 bits per heavy atom. The molecule has 8 heterocycles. The van der Waals surface area contributed by atoms with Crippen molar-refractivity contribution in [1.29, 1.82) is 0 Å². The molecular formula is C55H54N12O12S6. The van der Waals surface area contributed by atoms with E-state index in [0.29, 0.717) is 73.7 Å². The number of ether oxygens (including phenoxy) is 1. The van der Waals surface area contributed by atoms with Gasteiger partial charge in [-0.25, -0.2) is 34.9 Å². The fourth-order valence-electron chi connectivity index (χ4n) is 8.93. The van der Waals surface area contributed by atoms with Gasteiger partial charge in [0, 0.05) is 64.9 Å². The lowest BCUT2D eigenvalue weighted by molar-refractivity contribution is -0.148. The molecule has 10 bridgehead atoms. The predicted molar refractivity (Wildman–Crippen MR) is 320 cm³/mol. The van der Waals surface area contributed by atoms with E-state index in [1.165, 1.54) is 48.2 Å². The van der Waals surface area contributed by atoms with Crippen LogP contribution in [0.2, 0.25) is 0 Å². The molecule has 0 saturated carbocycles. The number of aliphatic carboxylic acids is 2. The van der Waals surface area contributed by atoms with Gasteiger partial charge in [0.2, 0.25) is 17.7 Å². The number of aromatic nitrogens is 7. The molecule has 8 aromatic rings. The zero-order chi connectivity index (χ0) is 60.6. The molecule has 0 spiro atoms. The van der Waals surface area contributed by atoms with Crippen molar-refractivity contribution in [3.8, 4) is 43.4 Å². The molecule has 0 fully saturated rings. The van der Waals surface area contributed by atoms with Crippen molar-refractivity contribution in [2.45, 2.75) is 83.6 Å². The van der Waals surface area contributed by atoms with Crippen LogP contribution in [0.4, 0.5) is 5.82 Å². The number of aliphatic hydroxyl groups excluding tert-OH is 1. The number of carboxylic acids is 2. The fourth-order valence-corrected chi connectivity index (χ4v) is 14.5.